The molecule has 9 heteroatoms. The second-order valence-electron chi connectivity index (χ2n) is 6.49. The molecule has 4 heterocycles. The fraction of sp³-hybridized carbons (Fsp3) is 0.250. The maximum atomic E-state index is 9.13. The number of hydrogen-bond acceptors (Lipinski definition) is 8. The molecule has 0 unspecified atom stereocenters. The molecule has 0 aliphatic carbocycles. The van der Waals surface area contributed by atoms with Gasteiger partial charge < -0.3 is 10.1 Å². The van der Waals surface area contributed by atoms with Crippen molar-refractivity contribution in [2.45, 2.75) is 6.54 Å². The van der Waals surface area contributed by atoms with E-state index in [0.717, 1.165) is 44.2 Å². The van der Waals surface area contributed by atoms with E-state index in [1.807, 2.05) is 18.2 Å². The summed E-state index contributed by atoms with van der Waals surface area (Å²) in [6.45, 7) is 4.20. The number of rotatable bonds is 5. The number of nitrogens with one attached hydrogen (secondary N) is 1. The minimum Gasteiger partial charge on any atom is -0.379 e. The third-order valence-corrected chi connectivity index (χ3v) is 4.78. The number of ether oxygens (including phenoxy) is 1. The zero-order valence-electron chi connectivity index (χ0n) is 15.5. The lowest BCUT2D eigenvalue weighted by molar-refractivity contribution is 0.0336. The van der Waals surface area contributed by atoms with Crippen LogP contribution in [-0.4, -0.2) is 51.1 Å². The molecular formula is C20H18ClN7O. The Kier molecular flexibility index (Phi) is 5.91. The van der Waals surface area contributed by atoms with Gasteiger partial charge in [0.25, 0.3) is 0 Å². The number of pyridine rings is 2. The van der Waals surface area contributed by atoms with Crippen LogP contribution in [0.1, 0.15) is 11.3 Å². The van der Waals surface area contributed by atoms with Crippen molar-refractivity contribution in [2.24, 2.45) is 0 Å². The van der Waals surface area contributed by atoms with Gasteiger partial charge in [-0.05, 0) is 24.3 Å². The topological polar surface area (TPSA) is 99.9 Å². The first-order valence-electron chi connectivity index (χ1n) is 9.12. The quantitative estimate of drug-likeness (QED) is 0.644. The average molecular weight is 408 g/mol. The average Bonchev–Trinajstić information content (AvgIpc) is 2.76. The number of aromatic nitrogens is 4. The van der Waals surface area contributed by atoms with Crippen LogP contribution in [-0.2, 0) is 11.3 Å². The Bertz CT molecular complexity index is 1030. The van der Waals surface area contributed by atoms with E-state index >= 15 is 0 Å². The molecule has 3 aromatic rings. The summed E-state index contributed by atoms with van der Waals surface area (Å²) >= 11 is 5.90. The van der Waals surface area contributed by atoms with Crippen molar-refractivity contribution < 1.29 is 4.74 Å². The molecule has 8 nitrogen and oxygen atoms in total. The van der Waals surface area contributed by atoms with E-state index in [-0.39, 0.29) is 5.15 Å². The summed E-state index contributed by atoms with van der Waals surface area (Å²) in [5.74, 6) is 0.429. The van der Waals surface area contributed by atoms with Crippen LogP contribution in [0.2, 0.25) is 5.15 Å². The molecule has 0 saturated carbocycles. The number of anilines is 2. The smallest absolute Gasteiger partial charge is 0.227 e. The van der Waals surface area contributed by atoms with Gasteiger partial charge in [0, 0.05) is 37.6 Å². The first kappa shape index (κ1) is 19.2. The predicted octanol–water partition coefficient (Wildman–Crippen LogP) is 3.03. The summed E-state index contributed by atoms with van der Waals surface area (Å²) in [6.07, 6.45) is 4.99. The van der Waals surface area contributed by atoms with Gasteiger partial charge >= 0.3 is 0 Å². The minimum atomic E-state index is 0.173. The third-order valence-electron chi connectivity index (χ3n) is 4.48. The highest BCUT2D eigenvalue weighted by Gasteiger charge is 2.11. The van der Waals surface area contributed by atoms with Crippen LogP contribution in [0.3, 0.4) is 0 Å². The van der Waals surface area contributed by atoms with E-state index in [0.29, 0.717) is 22.8 Å². The van der Waals surface area contributed by atoms with Crippen LogP contribution in [0.5, 0.6) is 0 Å². The lowest BCUT2D eigenvalue weighted by Gasteiger charge is -2.26. The number of nitrogens with zero attached hydrogens (tertiary/aromatic N) is 6. The maximum absolute atomic E-state index is 9.13. The molecule has 1 aliphatic rings. The summed E-state index contributed by atoms with van der Waals surface area (Å²) in [6, 6.07) is 9.37. The molecule has 1 aliphatic heterocycles. The van der Waals surface area contributed by atoms with E-state index in [4.69, 9.17) is 21.6 Å². The SMILES string of the molecule is N#Cc1cc(-c2ccnc(Nc3ccc(CN4CCOCC4)nc3)n2)cnc1Cl. The molecule has 0 radical (unpaired) electrons. The molecule has 1 fully saturated rings. The molecule has 3 aromatic heterocycles. The van der Waals surface area contributed by atoms with E-state index in [1.165, 1.54) is 0 Å². The molecule has 29 heavy (non-hydrogen) atoms. The number of morpholine rings is 1. The van der Waals surface area contributed by atoms with Crippen LogP contribution in [0.4, 0.5) is 11.6 Å². The van der Waals surface area contributed by atoms with Gasteiger partial charge in [-0.1, -0.05) is 11.6 Å². The van der Waals surface area contributed by atoms with Gasteiger partial charge in [-0.15, -0.1) is 0 Å². The van der Waals surface area contributed by atoms with Gasteiger partial charge in [0.1, 0.15) is 11.2 Å². The standard InChI is InChI=1S/C20H18ClN7O/c21-19-14(10-22)9-15(11-25-19)18-3-4-23-20(27-18)26-16-1-2-17(24-12-16)13-28-5-7-29-8-6-28/h1-4,9,11-12H,5-8,13H2,(H,23,26,27). The fourth-order valence-electron chi connectivity index (χ4n) is 2.96. The Morgan fingerprint density at radius 2 is 2.00 bits per heavy atom. The summed E-state index contributed by atoms with van der Waals surface area (Å²) in [7, 11) is 0. The highest BCUT2D eigenvalue weighted by molar-refractivity contribution is 6.30. The zero-order valence-corrected chi connectivity index (χ0v) is 16.3. The predicted molar refractivity (Wildman–Crippen MR) is 109 cm³/mol. The van der Waals surface area contributed by atoms with Crippen molar-refractivity contribution in [2.75, 3.05) is 31.6 Å². The van der Waals surface area contributed by atoms with Gasteiger partial charge in [-0.25, -0.2) is 15.0 Å². The minimum absolute atomic E-state index is 0.173. The van der Waals surface area contributed by atoms with Gasteiger partial charge in [0.2, 0.25) is 5.95 Å². The first-order valence-corrected chi connectivity index (χ1v) is 9.50. The summed E-state index contributed by atoms with van der Waals surface area (Å²) < 4.78 is 5.37. The number of halogens is 1. The van der Waals surface area contributed by atoms with Crippen molar-refractivity contribution in [3.8, 4) is 17.3 Å². The summed E-state index contributed by atoms with van der Waals surface area (Å²) in [5, 5.41) is 12.5. The van der Waals surface area contributed by atoms with Gasteiger partial charge in [-0.2, -0.15) is 5.26 Å². The number of nitriles is 1. The lowest BCUT2D eigenvalue weighted by atomic mass is 10.1. The van der Waals surface area contributed by atoms with Crippen molar-refractivity contribution in [1.29, 1.82) is 5.26 Å². The van der Waals surface area contributed by atoms with Gasteiger partial charge in [0.15, 0.2) is 0 Å². The Labute approximate surface area is 173 Å². The Balaban J connectivity index is 1.46. The van der Waals surface area contributed by atoms with Crippen molar-refractivity contribution in [3.05, 3.63) is 59.3 Å². The Morgan fingerprint density at radius 3 is 2.76 bits per heavy atom. The van der Waals surface area contributed by atoms with Crippen LogP contribution >= 0.6 is 11.6 Å². The maximum Gasteiger partial charge on any atom is 0.227 e. The second kappa shape index (κ2) is 8.92. The normalized spacial score (nSPS) is 14.3. The van der Waals surface area contributed by atoms with Crippen LogP contribution in [0.25, 0.3) is 11.3 Å². The van der Waals surface area contributed by atoms with E-state index in [1.54, 1.807) is 30.7 Å². The van der Waals surface area contributed by atoms with Gasteiger partial charge in [-0.3, -0.25) is 9.88 Å². The molecule has 1 N–H and O–H groups in total. The first-order chi connectivity index (χ1) is 14.2. The summed E-state index contributed by atoms with van der Waals surface area (Å²) in [4.78, 5) is 19.6. The largest absolute Gasteiger partial charge is 0.379 e. The molecule has 0 atom stereocenters. The molecule has 0 amide bonds. The molecule has 1 saturated heterocycles. The van der Waals surface area contributed by atoms with Crippen LogP contribution in [0, 0.1) is 11.3 Å². The lowest BCUT2D eigenvalue weighted by Crippen LogP contribution is -2.35. The monoisotopic (exact) mass is 407 g/mol. The van der Waals surface area contributed by atoms with E-state index in [9.17, 15) is 0 Å². The highest BCUT2D eigenvalue weighted by Crippen LogP contribution is 2.22. The van der Waals surface area contributed by atoms with Crippen LogP contribution in [0.15, 0.2) is 42.9 Å². The fourth-order valence-corrected chi connectivity index (χ4v) is 3.10. The Hall–Kier alpha value is -3.12. The van der Waals surface area contributed by atoms with E-state index in [2.05, 4.69) is 30.2 Å². The van der Waals surface area contributed by atoms with Crippen LogP contribution < -0.4 is 5.32 Å². The molecule has 146 valence electrons. The number of hydrogen-bond donors (Lipinski definition) is 1. The van der Waals surface area contributed by atoms with Gasteiger partial charge in [0.05, 0.1) is 42.0 Å². The van der Waals surface area contributed by atoms with E-state index < -0.39 is 0 Å². The van der Waals surface area contributed by atoms with Crippen molar-refractivity contribution in [1.82, 2.24) is 24.8 Å². The zero-order chi connectivity index (χ0) is 20.1. The molecule has 0 spiro atoms. The Morgan fingerprint density at radius 1 is 1.14 bits per heavy atom. The molecule has 4 rings (SSSR count). The summed E-state index contributed by atoms with van der Waals surface area (Å²) in [5.41, 5.74) is 3.43. The molecule has 0 aromatic carbocycles. The second-order valence-corrected chi connectivity index (χ2v) is 6.85. The highest BCUT2D eigenvalue weighted by atomic mass is 35.5. The third kappa shape index (κ3) is 4.84. The van der Waals surface area contributed by atoms with Crippen molar-refractivity contribution in [3.63, 3.8) is 0 Å². The molecular weight excluding hydrogens is 390 g/mol. The van der Waals surface area contributed by atoms with Crippen molar-refractivity contribution >= 4 is 23.2 Å². The molecule has 0 bridgehead atoms.